The SMILES string of the molecule is CNNC(=O)c1ccc2c(c1)OCCO2. The van der Waals surface area contributed by atoms with Crippen molar-refractivity contribution >= 4 is 5.91 Å². The van der Waals surface area contributed by atoms with Crippen LogP contribution in [0.1, 0.15) is 10.4 Å². The van der Waals surface area contributed by atoms with E-state index < -0.39 is 0 Å². The summed E-state index contributed by atoms with van der Waals surface area (Å²) in [5, 5.41) is 0. The van der Waals surface area contributed by atoms with Crippen molar-refractivity contribution < 1.29 is 14.3 Å². The molecule has 0 aromatic heterocycles. The zero-order valence-corrected chi connectivity index (χ0v) is 8.37. The van der Waals surface area contributed by atoms with Crippen molar-refractivity contribution in [2.24, 2.45) is 0 Å². The van der Waals surface area contributed by atoms with E-state index in [0.29, 0.717) is 30.3 Å². The average molecular weight is 208 g/mol. The van der Waals surface area contributed by atoms with E-state index in [9.17, 15) is 4.79 Å². The summed E-state index contributed by atoms with van der Waals surface area (Å²) < 4.78 is 10.7. The number of rotatable bonds is 2. The number of carbonyl (C=O) groups is 1. The van der Waals surface area contributed by atoms with Gasteiger partial charge in [0.05, 0.1) is 0 Å². The quantitative estimate of drug-likeness (QED) is 0.687. The molecule has 2 rings (SSSR count). The van der Waals surface area contributed by atoms with Crippen molar-refractivity contribution in [2.75, 3.05) is 20.3 Å². The van der Waals surface area contributed by atoms with Crippen molar-refractivity contribution in [3.8, 4) is 11.5 Å². The fourth-order valence-corrected chi connectivity index (χ4v) is 1.37. The average Bonchev–Trinajstić information content (AvgIpc) is 2.29. The van der Waals surface area contributed by atoms with Crippen LogP contribution in [0.2, 0.25) is 0 Å². The van der Waals surface area contributed by atoms with Gasteiger partial charge in [-0.05, 0) is 18.2 Å². The molecule has 0 saturated carbocycles. The Labute approximate surface area is 87.3 Å². The van der Waals surface area contributed by atoms with Crippen molar-refractivity contribution in [1.29, 1.82) is 0 Å². The van der Waals surface area contributed by atoms with Crippen LogP contribution in [0.25, 0.3) is 0 Å². The third kappa shape index (κ3) is 2.02. The standard InChI is InChI=1S/C10H12N2O3/c1-11-12-10(13)7-2-3-8-9(6-7)15-5-4-14-8/h2-3,6,11H,4-5H2,1H3,(H,12,13). The Hall–Kier alpha value is -1.75. The topological polar surface area (TPSA) is 59.6 Å². The zero-order valence-electron chi connectivity index (χ0n) is 8.37. The molecule has 1 aromatic rings. The lowest BCUT2D eigenvalue weighted by atomic mass is 10.2. The van der Waals surface area contributed by atoms with Crippen LogP contribution in [0.4, 0.5) is 0 Å². The lowest BCUT2D eigenvalue weighted by molar-refractivity contribution is 0.0936. The minimum absolute atomic E-state index is 0.200. The number of hydrogen-bond acceptors (Lipinski definition) is 4. The first-order valence-corrected chi connectivity index (χ1v) is 4.68. The maximum atomic E-state index is 11.5. The van der Waals surface area contributed by atoms with Gasteiger partial charge in [0.1, 0.15) is 13.2 Å². The maximum Gasteiger partial charge on any atom is 0.265 e. The Morgan fingerprint density at radius 2 is 2.00 bits per heavy atom. The molecule has 15 heavy (non-hydrogen) atoms. The highest BCUT2D eigenvalue weighted by atomic mass is 16.6. The molecular weight excluding hydrogens is 196 g/mol. The normalized spacial score (nSPS) is 13.4. The van der Waals surface area contributed by atoms with Gasteiger partial charge in [-0.25, -0.2) is 5.43 Å². The fourth-order valence-electron chi connectivity index (χ4n) is 1.37. The number of hydrazine groups is 1. The van der Waals surface area contributed by atoms with Gasteiger partial charge in [0, 0.05) is 12.6 Å². The molecule has 0 bridgehead atoms. The number of ether oxygens (including phenoxy) is 2. The zero-order chi connectivity index (χ0) is 10.7. The number of nitrogens with one attached hydrogen (secondary N) is 2. The second kappa shape index (κ2) is 4.18. The van der Waals surface area contributed by atoms with Crippen LogP contribution in [0.5, 0.6) is 11.5 Å². The highest BCUT2D eigenvalue weighted by molar-refractivity contribution is 5.94. The third-order valence-electron chi connectivity index (χ3n) is 2.04. The van der Waals surface area contributed by atoms with E-state index in [1.807, 2.05) is 0 Å². The molecule has 80 valence electrons. The van der Waals surface area contributed by atoms with Gasteiger partial charge in [0.2, 0.25) is 0 Å². The number of amides is 1. The van der Waals surface area contributed by atoms with Crippen LogP contribution in [0, 0.1) is 0 Å². The van der Waals surface area contributed by atoms with Gasteiger partial charge in [-0.1, -0.05) is 0 Å². The molecule has 1 aliphatic rings. The summed E-state index contributed by atoms with van der Waals surface area (Å²) in [5.41, 5.74) is 5.59. The first-order chi connectivity index (χ1) is 7.31. The van der Waals surface area contributed by atoms with Gasteiger partial charge in [0.15, 0.2) is 11.5 Å². The second-order valence-electron chi connectivity index (χ2n) is 3.06. The van der Waals surface area contributed by atoms with E-state index in [0.717, 1.165) is 0 Å². The van der Waals surface area contributed by atoms with E-state index in [2.05, 4.69) is 10.9 Å². The highest BCUT2D eigenvalue weighted by Gasteiger charge is 2.14. The first-order valence-electron chi connectivity index (χ1n) is 4.68. The van der Waals surface area contributed by atoms with Crippen LogP contribution >= 0.6 is 0 Å². The second-order valence-corrected chi connectivity index (χ2v) is 3.06. The number of fused-ring (bicyclic) bond motifs is 1. The van der Waals surface area contributed by atoms with Crippen LogP contribution in [-0.2, 0) is 0 Å². The summed E-state index contributed by atoms with van der Waals surface area (Å²) in [4.78, 5) is 11.5. The predicted molar refractivity (Wildman–Crippen MR) is 54.0 cm³/mol. The molecular formula is C10H12N2O3. The molecule has 5 heteroatoms. The molecule has 1 amide bonds. The van der Waals surface area contributed by atoms with Gasteiger partial charge in [-0.2, -0.15) is 0 Å². The molecule has 0 fully saturated rings. The minimum atomic E-state index is -0.200. The summed E-state index contributed by atoms with van der Waals surface area (Å²) in [6, 6.07) is 5.10. The molecule has 1 aliphatic heterocycles. The van der Waals surface area contributed by atoms with E-state index in [-0.39, 0.29) is 5.91 Å². The van der Waals surface area contributed by atoms with Crippen LogP contribution < -0.4 is 20.3 Å². The third-order valence-corrected chi connectivity index (χ3v) is 2.04. The molecule has 0 radical (unpaired) electrons. The van der Waals surface area contributed by atoms with Gasteiger partial charge in [0.25, 0.3) is 5.91 Å². The number of carbonyl (C=O) groups excluding carboxylic acids is 1. The van der Waals surface area contributed by atoms with Gasteiger partial charge >= 0.3 is 0 Å². The molecule has 1 aromatic carbocycles. The van der Waals surface area contributed by atoms with Gasteiger partial charge in [-0.15, -0.1) is 0 Å². The molecule has 0 saturated heterocycles. The number of hydrogen-bond donors (Lipinski definition) is 2. The van der Waals surface area contributed by atoms with Crippen LogP contribution in [0.15, 0.2) is 18.2 Å². The Morgan fingerprint density at radius 1 is 1.27 bits per heavy atom. The molecule has 0 unspecified atom stereocenters. The summed E-state index contributed by atoms with van der Waals surface area (Å²) in [6.07, 6.45) is 0. The lowest BCUT2D eigenvalue weighted by Crippen LogP contribution is -2.34. The van der Waals surface area contributed by atoms with Crippen LogP contribution in [-0.4, -0.2) is 26.2 Å². The molecule has 0 aliphatic carbocycles. The highest BCUT2D eigenvalue weighted by Crippen LogP contribution is 2.30. The molecule has 0 atom stereocenters. The van der Waals surface area contributed by atoms with Crippen LogP contribution in [0.3, 0.4) is 0 Å². The van der Waals surface area contributed by atoms with E-state index >= 15 is 0 Å². The molecule has 1 heterocycles. The van der Waals surface area contributed by atoms with E-state index in [4.69, 9.17) is 9.47 Å². The Bertz CT molecular complexity index is 379. The van der Waals surface area contributed by atoms with Gasteiger partial charge < -0.3 is 9.47 Å². The van der Waals surface area contributed by atoms with E-state index in [1.54, 1.807) is 25.2 Å². The molecule has 5 nitrogen and oxygen atoms in total. The van der Waals surface area contributed by atoms with Crippen molar-refractivity contribution in [2.45, 2.75) is 0 Å². The largest absolute Gasteiger partial charge is 0.486 e. The lowest BCUT2D eigenvalue weighted by Gasteiger charge is -2.18. The summed E-state index contributed by atoms with van der Waals surface area (Å²) in [5.74, 6) is 1.10. The summed E-state index contributed by atoms with van der Waals surface area (Å²) >= 11 is 0. The van der Waals surface area contributed by atoms with Crippen molar-refractivity contribution in [3.05, 3.63) is 23.8 Å². The Balaban J connectivity index is 2.24. The fraction of sp³-hybridized carbons (Fsp3) is 0.300. The van der Waals surface area contributed by atoms with E-state index in [1.165, 1.54) is 0 Å². The summed E-state index contributed by atoms with van der Waals surface area (Å²) in [6.45, 7) is 1.07. The van der Waals surface area contributed by atoms with Gasteiger partial charge in [-0.3, -0.25) is 10.2 Å². The number of benzene rings is 1. The van der Waals surface area contributed by atoms with Crippen molar-refractivity contribution in [3.63, 3.8) is 0 Å². The smallest absolute Gasteiger partial charge is 0.265 e. The molecule has 0 spiro atoms. The predicted octanol–water partition coefficient (Wildman–Crippen LogP) is 0.322. The summed E-state index contributed by atoms with van der Waals surface area (Å²) in [7, 11) is 1.63. The Morgan fingerprint density at radius 3 is 2.73 bits per heavy atom. The molecule has 2 N–H and O–H groups in total. The monoisotopic (exact) mass is 208 g/mol. The Kier molecular flexibility index (Phi) is 2.73. The van der Waals surface area contributed by atoms with Crippen molar-refractivity contribution in [1.82, 2.24) is 10.9 Å². The maximum absolute atomic E-state index is 11.5. The first kappa shape index (κ1) is 9.79. The minimum Gasteiger partial charge on any atom is -0.486 e.